The number of aromatic nitrogens is 2. The molecule has 0 bridgehead atoms. The number of benzene rings is 1. The number of hydrogen-bond acceptors (Lipinski definition) is 2. The molecule has 0 atom stereocenters. The highest BCUT2D eigenvalue weighted by molar-refractivity contribution is 14.1. The van der Waals surface area contributed by atoms with Crippen LogP contribution in [0.25, 0.3) is 10.9 Å². The van der Waals surface area contributed by atoms with Crippen LogP contribution in [0.5, 0.6) is 0 Å². The molecule has 1 heterocycles. The summed E-state index contributed by atoms with van der Waals surface area (Å²) < 4.78 is 1.23. The molecule has 1 aromatic carbocycles. The first kappa shape index (κ1) is 8.96. The van der Waals surface area contributed by atoms with Gasteiger partial charge in [0.15, 0.2) is 0 Å². The molecule has 0 radical (unpaired) electrons. The molecule has 3 N–H and O–H groups in total. The topological polar surface area (TPSA) is 54.7 Å². The summed E-state index contributed by atoms with van der Waals surface area (Å²) in [6, 6.07) is 6.10. The van der Waals surface area contributed by atoms with Gasteiger partial charge in [0.1, 0.15) is 0 Å². The van der Waals surface area contributed by atoms with E-state index in [1.807, 2.05) is 12.1 Å². The fraction of sp³-hybridized carbons (Fsp3) is 0.222. The number of H-pyrrole nitrogens is 1. The third-order valence-corrected chi connectivity index (χ3v) is 2.90. The summed E-state index contributed by atoms with van der Waals surface area (Å²) in [5.41, 5.74) is 7.68. The second-order valence-corrected chi connectivity index (χ2v) is 4.04. The van der Waals surface area contributed by atoms with Gasteiger partial charge < -0.3 is 5.73 Å². The molecule has 0 aliphatic carbocycles. The lowest BCUT2D eigenvalue weighted by molar-refractivity contribution is 0.909. The van der Waals surface area contributed by atoms with E-state index in [9.17, 15) is 0 Å². The van der Waals surface area contributed by atoms with Crippen LogP contribution in [-0.4, -0.2) is 16.7 Å². The molecule has 4 heteroatoms. The fourth-order valence-electron chi connectivity index (χ4n) is 1.41. The average molecular weight is 287 g/mol. The van der Waals surface area contributed by atoms with Crippen molar-refractivity contribution < 1.29 is 0 Å². The van der Waals surface area contributed by atoms with Gasteiger partial charge >= 0.3 is 0 Å². The van der Waals surface area contributed by atoms with E-state index in [0.29, 0.717) is 6.54 Å². The predicted octanol–water partition coefficient (Wildman–Crippen LogP) is 1.67. The summed E-state index contributed by atoms with van der Waals surface area (Å²) in [4.78, 5) is 0. The summed E-state index contributed by atoms with van der Waals surface area (Å²) in [7, 11) is 0. The molecule has 0 aliphatic rings. The van der Waals surface area contributed by atoms with E-state index in [1.54, 1.807) is 0 Å². The number of fused-ring (bicyclic) bond motifs is 1. The van der Waals surface area contributed by atoms with Gasteiger partial charge in [0.05, 0.1) is 5.52 Å². The van der Waals surface area contributed by atoms with Crippen LogP contribution in [0.15, 0.2) is 18.2 Å². The number of nitrogens with two attached hydrogens (primary N) is 1. The van der Waals surface area contributed by atoms with E-state index in [2.05, 4.69) is 38.9 Å². The molecule has 0 spiro atoms. The number of halogens is 1. The minimum Gasteiger partial charge on any atom is -0.330 e. The Kier molecular flexibility index (Phi) is 2.50. The zero-order chi connectivity index (χ0) is 9.26. The number of nitrogens with one attached hydrogen (secondary N) is 1. The second-order valence-electron chi connectivity index (χ2n) is 2.87. The van der Waals surface area contributed by atoms with Gasteiger partial charge in [-0.2, -0.15) is 5.10 Å². The van der Waals surface area contributed by atoms with Crippen LogP contribution in [0.1, 0.15) is 5.69 Å². The molecular weight excluding hydrogens is 277 g/mol. The predicted molar refractivity (Wildman–Crippen MR) is 61.6 cm³/mol. The lowest BCUT2D eigenvalue weighted by Gasteiger charge is -1.96. The lowest BCUT2D eigenvalue weighted by atomic mass is 10.2. The SMILES string of the molecule is NCCc1[nH]nc2cccc(I)c12. The first-order valence-corrected chi connectivity index (χ1v) is 5.22. The minimum atomic E-state index is 0.655. The maximum Gasteiger partial charge on any atom is 0.0934 e. The molecule has 3 nitrogen and oxygen atoms in total. The Labute approximate surface area is 89.8 Å². The summed E-state index contributed by atoms with van der Waals surface area (Å²) in [5.74, 6) is 0. The van der Waals surface area contributed by atoms with Crippen molar-refractivity contribution in [3.8, 4) is 0 Å². The largest absolute Gasteiger partial charge is 0.330 e. The van der Waals surface area contributed by atoms with Crippen LogP contribution < -0.4 is 5.73 Å². The van der Waals surface area contributed by atoms with Crippen molar-refractivity contribution in [2.45, 2.75) is 6.42 Å². The van der Waals surface area contributed by atoms with Crippen LogP contribution in [-0.2, 0) is 6.42 Å². The summed E-state index contributed by atoms with van der Waals surface area (Å²) in [5, 5.41) is 8.45. The minimum absolute atomic E-state index is 0.655. The van der Waals surface area contributed by atoms with Crippen LogP contribution in [0, 0.1) is 3.57 Å². The van der Waals surface area contributed by atoms with Crippen molar-refractivity contribution in [3.05, 3.63) is 27.5 Å². The third kappa shape index (κ3) is 1.55. The standard InChI is InChI=1S/C9H10IN3/c10-6-2-1-3-7-9(6)8(4-5-11)13-12-7/h1-3H,4-5,11H2,(H,12,13). The molecule has 1 aromatic heterocycles. The number of aromatic amines is 1. The number of rotatable bonds is 2. The summed E-state index contributed by atoms with van der Waals surface area (Å²) >= 11 is 2.32. The molecule has 0 aliphatic heterocycles. The molecule has 68 valence electrons. The van der Waals surface area contributed by atoms with Crippen molar-refractivity contribution in [3.63, 3.8) is 0 Å². The molecule has 2 aromatic rings. The van der Waals surface area contributed by atoms with Gasteiger partial charge in [-0.1, -0.05) is 6.07 Å². The van der Waals surface area contributed by atoms with E-state index < -0.39 is 0 Å². The Bertz CT molecular complexity index is 422. The van der Waals surface area contributed by atoms with Crippen molar-refractivity contribution in [1.82, 2.24) is 10.2 Å². The Morgan fingerprint density at radius 2 is 2.31 bits per heavy atom. The Morgan fingerprint density at radius 3 is 3.08 bits per heavy atom. The van der Waals surface area contributed by atoms with Crippen molar-refractivity contribution in [2.24, 2.45) is 5.73 Å². The van der Waals surface area contributed by atoms with Crippen LogP contribution >= 0.6 is 22.6 Å². The summed E-state index contributed by atoms with van der Waals surface area (Å²) in [6.45, 7) is 0.655. The Hall–Kier alpha value is -0.620. The molecule has 13 heavy (non-hydrogen) atoms. The van der Waals surface area contributed by atoms with E-state index in [-0.39, 0.29) is 0 Å². The van der Waals surface area contributed by atoms with Crippen molar-refractivity contribution >= 4 is 33.5 Å². The van der Waals surface area contributed by atoms with Crippen molar-refractivity contribution in [1.29, 1.82) is 0 Å². The Morgan fingerprint density at radius 1 is 1.46 bits per heavy atom. The molecule has 0 saturated carbocycles. The van der Waals surface area contributed by atoms with Gasteiger partial charge in [-0.05, 0) is 41.3 Å². The zero-order valence-electron chi connectivity index (χ0n) is 7.05. The van der Waals surface area contributed by atoms with Crippen molar-refractivity contribution in [2.75, 3.05) is 6.54 Å². The highest BCUT2D eigenvalue weighted by atomic mass is 127. The van der Waals surface area contributed by atoms with Gasteiger partial charge in [0.2, 0.25) is 0 Å². The van der Waals surface area contributed by atoms with Crippen LogP contribution in [0.4, 0.5) is 0 Å². The van der Waals surface area contributed by atoms with Gasteiger partial charge in [-0.3, -0.25) is 5.10 Å². The molecule has 0 unspecified atom stereocenters. The highest BCUT2D eigenvalue weighted by Gasteiger charge is 2.06. The molecule has 0 fully saturated rings. The van der Waals surface area contributed by atoms with E-state index in [1.165, 1.54) is 8.96 Å². The fourth-order valence-corrected chi connectivity index (χ4v) is 2.22. The third-order valence-electron chi connectivity index (χ3n) is 2.00. The van der Waals surface area contributed by atoms with E-state index in [4.69, 9.17) is 5.73 Å². The first-order valence-electron chi connectivity index (χ1n) is 4.14. The maximum atomic E-state index is 5.51. The molecule has 0 saturated heterocycles. The van der Waals surface area contributed by atoms with Crippen LogP contribution in [0.3, 0.4) is 0 Å². The quantitative estimate of drug-likeness (QED) is 0.825. The van der Waals surface area contributed by atoms with Gasteiger partial charge in [-0.25, -0.2) is 0 Å². The summed E-state index contributed by atoms with van der Waals surface area (Å²) in [6.07, 6.45) is 0.858. The van der Waals surface area contributed by atoms with Gasteiger partial charge in [0, 0.05) is 21.1 Å². The van der Waals surface area contributed by atoms with Gasteiger partial charge in [0.25, 0.3) is 0 Å². The zero-order valence-corrected chi connectivity index (χ0v) is 9.21. The Balaban J connectivity index is 2.64. The highest BCUT2D eigenvalue weighted by Crippen LogP contribution is 2.22. The van der Waals surface area contributed by atoms with Gasteiger partial charge in [-0.15, -0.1) is 0 Å². The first-order chi connectivity index (χ1) is 6.33. The smallest absolute Gasteiger partial charge is 0.0934 e. The maximum absolute atomic E-state index is 5.51. The van der Waals surface area contributed by atoms with E-state index in [0.717, 1.165) is 17.6 Å². The normalized spacial score (nSPS) is 10.9. The molecular formula is C9H10IN3. The van der Waals surface area contributed by atoms with E-state index >= 15 is 0 Å². The second kappa shape index (κ2) is 3.63. The monoisotopic (exact) mass is 287 g/mol. The molecule has 0 amide bonds. The average Bonchev–Trinajstić information content (AvgIpc) is 2.51. The van der Waals surface area contributed by atoms with Crippen LogP contribution in [0.2, 0.25) is 0 Å². The number of nitrogens with zero attached hydrogens (tertiary/aromatic N) is 1. The lowest BCUT2D eigenvalue weighted by Crippen LogP contribution is -2.03. The number of hydrogen-bond donors (Lipinski definition) is 2. The molecule has 2 rings (SSSR count).